The van der Waals surface area contributed by atoms with E-state index in [2.05, 4.69) is 4.99 Å². The van der Waals surface area contributed by atoms with E-state index in [1.807, 2.05) is 6.92 Å². The Morgan fingerprint density at radius 2 is 2.00 bits per heavy atom. The summed E-state index contributed by atoms with van der Waals surface area (Å²) in [5.74, 6) is -1.17. The van der Waals surface area contributed by atoms with Gasteiger partial charge in [0.05, 0.1) is 28.8 Å². The van der Waals surface area contributed by atoms with Crippen LogP contribution in [0.25, 0.3) is 0 Å². The number of halogens is 3. The molecule has 2 heterocycles. The molecular weight excluding hydrogens is 401 g/mol. The van der Waals surface area contributed by atoms with Crippen LogP contribution in [0.1, 0.15) is 25.8 Å². The maximum absolute atomic E-state index is 13.5. The van der Waals surface area contributed by atoms with Crippen molar-refractivity contribution in [3.05, 3.63) is 29.8 Å². The number of amidine groups is 1. The van der Waals surface area contributed by atoms with Gasteiger partial charge in [-0.15, -0.1) is 0 Å². The van der Waals surface area contributed by atoms with Crippen LogP contribution >= 0.6 is 11.8 Å². The molecular formula is C17H19F3N2O3S2. The lowest BCUT2D eigenvalue weighted by molar-refractivity contribution is -0.137. The Morgan fingerprint density at radius 1 is 1.33 bits per heavy atom. The molecule has 0 N–H and O–H groups in total. The highest BCUT2D eigenvalue weighted by Crippen LogP contribution is 2.45. The first-order chi connectivity index (χ1) is 12.5. The van der Waals surface area contributed by atoms with Gasteiger partial charge in [0.1, 0.15) is 0 Å². The predicted molar refractivity (Wildman–Crippen MR) is 99.6 cm³/mol. The fourth-order valence-corrected chi connectivity index (χ4v) is 7.06. The number of hydrogen-bond acceptors (Lipinski definition) is 4. The molecule has 3 rings (SSSR count). The van der Waals surface area contributed by atoms with Gasteiger partial charge in [0.15, 0.2) is 15.0 Å². The molecule has 0 aliphatic carbocycles. The van der Waals surface area contributed by atoms with E-state index in [1.54, 1.807) is 6.92 Å². The van der Waals surface area contributed by atoms with E-state index >= 15 is 0 Å². The smallest absolute Gasteiger partial charge is 0.315 e. The third-order valence-corrected chi connectivity index (χ3v) is 7.99. The molecule has 0 aromatic heterocycles. The number of hydrogen-bond donors (Lipinski definition) is 0. The fraction of sp³-hybridized carbons (Fsp3) is 0.529. The third-order valence-electron chi connectivity index (χ3n) is 4.78. The molecule has 2 fully saturated rings. The zero-order valence-electron chi connectivity index (χ0n) is 14.7. The molecule has 10 heteroatoms. The molecule has 2 aliphatic heterocycles. The minimum Gasteiger partial charge on any atom is -0.315 e. The van der Waals surface area contributed by atoms with Crippen molar-refractivity contribution >= 4 is 38.4 Å². The van der Waals surface area contributed by atoms with Gasteiger partial charge in [-0.1, -0.05) is 37.7 Å². The predicted octanol–water partition coefficient (Wildman–Crippen LogP) is 3.35. The lowest BCUT2D eigenvalue weighted by Gasteiger charge is -2.27. The van der Waals surface area contributed by atoms with Crippen LogP contribution in [0, 0.1) is 5.92 Å². The van der Waals surface area contributed by atoms with Crippen molar-refractivity contribution in [2.75, 3.05) is 16.4 Å². The molecule has 0 bridgehead atoms. The molecule has 3 atom stereocenters. The molecule has 0 radical (unpaired) electrons. The van der Waals surface area contributed by atoms with Gasteiger partial charge in [0.2, 0.25) is 0 Å². The molecule has 148 valence electrons. The van der Waals surface area contributed by atoms with E-state index in [0.29, 0.717) is 6.42 Å². The van der Waals surface area contributed by atoms with E-state index in [0.717, 1.165) is 17.8 Å². The largest absolute Gasteiger partial charge is 0.418 e. The Balaban J connectivity index is 2.10. The number of benzene rings is 1. The highest BCUT2D eigenvalue weighted by Gasteiger charge is 2.51. The molecule has 0 spiro atoms. The van der Waals surface area contributed by atoms with Crippen molar-refractivity contribution in [1.29, 1.82) is 0 Å². The number of fused-ring (bicyclic) bond motifs is 1. The number of rotatable bonds is 3. The van der Waals surface area contributed by atoms with E-state index in [4.69, 9.17) is 0 Å². The van der Waals surface area contributed by atoms with Gasteiger partial charge in [-0.3, -0.25) is 4.79 Å². The number of thioether (sulfide) groups is 1. The monoisotopic (exact) mass is 420 g/mol. The number of carbonyl (C=O) groups excluding carboxylic acids is 1. The van der Waals surface area contributed by atoms with Crippen LogP contribution in [0.3, 0.4) is 0 Å². The topological polar surface area (TPSA) is 66.8 Å². The van der Waals surface area contributed by atoms with Crippen molar-refractivity contribution in [2.45, 2.75) is 37.7 Å². The molecule has 27 heavy (non-hydrogen) atoms. The summed E-state index contributed by atoms with van der Waals surface area (Å²) < 4.78 is 64.6. The van der Waals surface area contributed by atoms with Gasteiger partial charge in [-0.2, -0.15) is 18.2 Å². The second-order valence-electron chi connectivity index (χ2n) is 6.73. The minimum atomic E-state index is -4.61. The van der Waals surface area contributed by atoms with Crippen LogP contribution < -0.4 is 4.90 Å². The van der Waals surface area contributed by atoms with Crippen molar-refractivity contribution in [2.24, 2.45) is 10.9 Å². The number of nitrogens with zero attached hydrogens (tertiary/aromatic N) is 2. The second-order valence-corrected chi connectivity index (χ2v) is 10.1. The summed E-state index contributed by atoms with van der Waals surface area (Å²) in [5, 5.41) is -0.304. The maximum Gasteiger partial charge on any atom is 0.418 e. The number of anilines is 1. The average molecular weight is 420 g/mol. The number of carbonyl (C=O) groups is 1. The third kappa shape index (κ3) is 4.01. The number of aliphatic imine (C=N–C) groups is 1. The Morgan fingerprint density at radius 3 is 2.63 bits per heavy atom. The Hall–Kier alpha value is -1.55. The SMILES string of the molecule is CC[C@H](C)C(=O)N=C1S[C@@H]2CS(=O)(=O)C[C@@H]2N1c1ccccc1C(F)(F)F. The molecule has 2 aliphatic rings. The minimum absolute atomic E-state index is 0.135. The maximum atomic E-state index is 13.5. The first-order valence-corrected chi connectivity index (χ1v) is 11.2. The van der Waals surface area contributed by atoms with Crippen molar-refractivity contribution in [1.82, 2.24) is 0 Å². The summed E-state index contributed by atoms with van der Waals surface area (Å²) in [6.45, 7) is 3.52. The van der Waals surface area contributed by atoms with E-state index < -0.39 is 38.8 Å². The van der Waals surface area contributed by atoms with E-state index in [1.165, 1.54) is 23.1 Å². The normalized spacial score (nSPS) is 27.0. The summed E-state index contributed by atoms with van der Waals surface area (Å²) >= 11 is 1.07. The number of amides is 1. The Bertz CT molecular complexity index is 884. The number of para-hydroxylation sites is 1. The highest BCUT2D eigenvalue weighted by atomic mass is 32.2. The fourth-order valence-electron chi connectivity index (χ4n) is 3.15. The Kier molecular flexibility index (Phi) is 5.33. The lowest BCUT2D eigenvalue weighted by Crippen LogP contribution is -2.39. The van der Waals surface area contributed by atoms with Gasteiger partial charge < -0.3 is 4.90 Å². The van der Waals surface area contributed by atoms with E-state index in [-0.39, 0.29) is 28.3 Å². The first-order valence-electron chi connectivity index (χ1n) is 8.48. The van der Waals surface area contributed by atoms with Crippen molar-refractivity contribution in [3.63, 3.8) is 0 Å². The Labute approximate surface area is 159 Å². The van der Waals surface area contributed by atoms with Crippen LogP contribution in [0.5, 0.6) is 0 Å². The highest BCUT2D eigenvalue weighted by molar-refractivity contribution is 8.16. The van der Waals surface area contributed by atoms with Crippen LogP contribution in [-0.4, -0.2) is 42.3 Å². The molecule has 0 saturated carbocycles. The van der Waals surface area contributed by atoms with Crippen molar-refractivity contribution < 1.29 is 26.4 Å². The molecule has 5 nitrogen and oxygen atoms in total. The number of sulfone groups is 1. The second kappa shape index (κ2) is 7.12. The average Bonchev–Trinajstić information content (AvgIpc) is 3.03. The van der Waals surface area contributed by atoms with Gasteiger partial charge in [-0.25, -0.2) is 8.42 Å². The van der Waals surface area contributed by atoms with E-state index in [9.17, 15) is 26.4 Å². The van der Waals surface area contributed by atoms with Gasteiger partial charge in [0.25, 0.3) is 5.91 Å². The van der Waals surface area contributed by atoms with Crippen LogP contribution in [0.2, 0.25) is 0 Å². The van der Waals surface area contributed by atoms with Crippen LogP contribution in [0.4, 0.5) is 18.9 Å². The van der Waals surface area contributed by atoms with Gasteiger partial charge in [-0.05, 0) is 18.6 Å². The summed E-state index contributed by atoms with van der Waals surface area (Å²) in [6.07, 6.45) is -4.05. The molecule has 1 aromatic carbocycles. The van der Waals surface area contributed by atoms with Crippen molar-refractivity contribution in [3.8, 4) is 0 Å². The zero-order valence-corrected chi connectivity index (χ0v) is 16.4. The van der Waals surface area contributed by atoms with Gasteiger partial charge >= 0.3 is 6.18 Å². The molecule has 2 saturated heterocycles. The quantitative estimate of drug-likeness (QED) is 0.750. The summed E-state index contributed by atoms with van der Waals surface area (Å²) in [6, 6.07) is 4.30. The first kappa shape index (κ1) is 20.2. The van der Waals surface area contributed by atoms with Gasteiger partial charge in [0, 0.05) is 11.2 Å². The standard InChI is InChI=1S/C17H19F3N2O3S2/c1-3-10(2)15(23)21-16-22(13-8-27(24,25)9-14(13)26-16)12-7-5-4-6-11(12)17(18,19)20/h4-7,10,13-14H,3,8-9H2,1-2H3/t10-,13-,14+/m0/s1. The summed E-state index contributed by atoms with van der Waals surface area (Å²) in [5.41, 5.74) is -1.04. The molecule has 1 amide bonds. The zero-order chi connectivity index (χ0) is 20.0. The molecule has 0 unspecified atom stereocenters. The summed E-state index contributed by atoms with van der Waals surface area (Å²) in [4.78, 5) is 17.6. The molecule has 1 aromatic rings. The van der Waals surface area contributed by atoms with Crippen LogP contribution in [-0.2, 0) is 20.8 Å². The lowest BCUT2D eigenvalue weighted by atomic mass is 10.1. The van der Waals surface area contributed by atoms with Crippen LogP contribution in [0.15, 0.2) is 29.3 Å². The summed E-state index contributed by atoms with van der Waals surface area (Å²) in [7, 11) is -3.35. The number of alkyl halides is 3.